The summed E-state index contributed by atoms with van der Waals surface area (Å²) in [7, 11) is 1.54. The summed E-state index contributed by atoms with van der Waals surface area (Å²) in [5.41, 5.74) is 1.07. The van der Waals surface area contributed by atoms with Crippen molar-refractivity contribution in [2.75, 3.05) is 20.1 Å². The number of nitrogens with one attached hydrogen (secondary N) is 2. The van der Waals surface area contributed by atoms with Crippen LogP contribution >= 0.6 is 11.6 Å². The Labute approximate surface area is 185 Å². The highest BCUT2D eigenvalue weighted by Crippen LogP contribution is 2.32. The third-order valence-corrected chi connectivity index (χ3v) is 5.46. The summed E-state index contributed by atoms with van der Waals surface area (Å²) in [6.07, 6.45) is 3.56. The Morgan fingerprint density at radius 1 is 1.32 bits per heavy atom. The molecule has 3 rings (SSSR count). The Bertz CT molecular complexity index is 890. The summed E-state index contributed by atoms with van der Waals surface area (Å²) in [4.78, 5) is 39.8. The first-order chi connectivity index (χ1) is 14.8. The average molecular weight is 453 g/mol. The summed E-state index contributed by atoms with van der Waals surface area (Å²) < 4.78 is 19.1. The molecule has 0 aromatic heterocycles. The van der Waals surface area contributed by atoms with E-state index in [0.29, 0.717) is 25.1 Å². The number of carbonyl (C=O) groups excluding carboxylic acids is 3. The Balaban J connectivity index is 1.74. The number of piperidine rings is 1. The van der Waals surface area contributed by atoms with Gasteiger partial charge in [0, 0.05) is 50.2 Å². The van der Waals surface area contributed by atoms with Crippen LogP contribution in [0.4, 0.5) is 14.0 Å². The van der Waals surface area contributed by atoms with Gasteiger partial charge in [-0.25, -0.2) is 14.0 Å². The first-order valence-corrected chi connectivity index (χ1v) is 10.5. The van der Waals surface area contributed by atoms with Crippen molar-refractivity contribution in [3.63, 3.8) is 0 Å². The minimum atomic E-state index is -0.485. The van der Waals surface area contributed by atoms with E-state index in [1.54, 1.807) is 15.9 Å². The van der Waals surface area contributed by atoms with Gasteiger partial charge in [0.1, 0.15) is 5.82 Å². The van der Waals surface area contributed by atoms with Gasteiger partial charge in [0.2, 0.25) is 0 Å². The van der Waals surface area contributed by atoms with E-state index >= 15 is 0 Å². The van der Waals surface area contributed by atoms with Crippen LogP contribution in [-0.2, 0) is 16.1 Å². The summed E-state index contributed by atoms with van der Waals surface area (Å²) in [6, 6.07) is 3.46. The monoisotopic (exact) mass is 452 g/mol. The van der Waals surface area contributed by atoms with Crippen molar-refractivity contribution in [1.82, 2.24) is 20.4 Å². The molecule has 1 unspecified atom stereocenters. The minimum Gasteiger partial charge on any atom is -0.435 e. The predicted octanol–water partition coefficient (Wildman–Crippen LogP) is 3.01. The molecule has 0 radical (unpaired) electrons. The van der Waals surface area contributed by atoms with Gasteiger partial charge in [-0.3, -0.25) is 4.79 Å². The molecule has 0 spiro atoms. The topological polar surface area (TPSA) is 91.0 Å². The zero-order valence-electron chi connectivity index (χ0n) is 17.5. The number of rotatable bonds is 5. The van der Waals surface area contributed by atoms with Gasteiger partial charge in [0.25, 0.3) is 0 Å². The summed E-state index contributed by atoms with van der Waals surface area (Å²) in [5.74, 6) is -0.941. The molecule has 8 nitrogen and oxygen atoms in total. The molecule has 1 heterocycles. The average Bonchev–Trinajstić information content (AvgIpc) is 3.56. The van der Waals surface area contributed by atoms with E-state index in [0.717, 1.165) is 18.4 Å². The molecule has 2 aliphatic rings. The normalized spacial score (nSPS) is 19.7. The lowest BCUT2D eigenvalue weighted by Crippen LogP contribution is -2.56. The third kappa shape index (κ3) is 6.10. The second kappa shape index (κ2) is 10.00. The number of esters is 1. The van der Waals surface area contributed by atoms with E-state index in [-0.39, 0.29) is 35.7 Å². The lowest BCUT2D eigenvalue weighted by atomic mass is 9.99. The molecule has 1 aliphatic carbocycles. The van der Waals surface area contributed by atoms with Crippen molar-refractivity contribution in [3.8, 4) is 0 Å². The molecule has 4 amide bonds. The quantitative estimate of drug-likeness (QED) is 0.530. The molecule has 2 N–H and O–H groups in total. The maximum Gasteiger partial charge on any atom is 0.318 e. The fourth-order valence-corrected chi connectivity index (χ4v) is 3.82. The fourth-order valence-electron chi connectivity index (χ4n) is 3.66. The Kier molecular flexibility index (Phi) is 7.37. The number of carbonyl (C=O) groups is 3. The van der Waals surface area contributed by atoms with Crippen molar-refractivity contribution < 1.29 is 23.5 Å². The first kappa shape index (κ1) is 22.9. The Morgan fingerprint density at radius 3 is 2.68 bits per heavy atom. The fraction of sp³-hybridized carbons (Fsp3) is 0.476. The number of benzene rings is 1. The minimum absolute atomic E-state index is 0.0209. The number of hydrogen-bond acceptors (Lipinski definition) is 4. The van der Waals surface area contributed by atoms with Gasteiger partial charge >= 0.3 is 18.0 Å². The largest absolute Gasteiger partial charge is 0.435 e. The number of amides is 4. The Hall–Kier alpha value is -2.81. The second-order valence-corrected chi connectivity index (χ2v) is 8.15. The van der Waals surface area contributed by atoms with Crippen molar-refractivity contribution in [2.45, 2.75) is 44.8 Å². The highest BCUT2D eigenvalue weighted by Gasteiger charge is 2.40. The lowest BCUT2D eigenvalue weighted by molar-refractivity contribution is -0.135. The molecular formula is C21H26ClFN4O4. The van der Waals surface area contributed by atoms with Crippen LogP contribution in [0.25, 0.3) is 0 Å². The van der Waals surface area contributed by atoms with Crippen LogP contribution in [0.15, 0.2) is 30.0 Å². The first-order valence-electron chi connectivity index (χ1n) is 10.1. The van der Waals surface area contributed by atoms with E-state index in [4.69, 9.17) is 16.3 Å². The molecule has 31 heavy (non-hydrogen) atoms. The highest BCUT2D eigenvalue weighted by molar-refractivity contribution is 6.30. The Morgan fingerprint density at radius 2 is 2.06 bits per heavy atom. The van der Waals surface area contributed by atoms with Crippen LogP contribution in [0.2, 0.25) is 5.02 Å². The molecule has 1 aromatic carbocycles. The van der Waals surface area contributed by atoms with Gasteiger partial charge in [0.05, 0.1) is 12.3 Å². The van der Waals surface area contributed by atoms with Crippen molar-refractivity contribution >= 4 is 29.6 Å². The van der Waals surface area contributed by atoms with Crippen molar-refractivity contribution in [1.29, 1.82) is 0 Å². The molecular weight excluding hydrogens is 427 g/mol. The highest BCUT2D eigenvalue weighted by atomic mass is 35.5. The van der Waals surface area contributed by atoms with Crippen LogP contribution in [0.3, 0.4) is 0 Å². The maximum absolute atomic E-state index is 14.1. The molecule has 2 fully saturated rings. The van der Waals surface area contributed by atoms with E-state index in [1.165, 1.54) is 32.4 Å². The van der Waals surface area contributed by atoms with Gasteiger partial charge in [0.15, 0.2) is 0 Å². The number of nitrogens with zero attached hydrogens (tertiary/aromatic N) is 2. The number of halogens is 2. The van der Waals surface area contributed by atoms with Crippen LogP contribution in [0, 0.1) is 5.82 Å². The van der Waals surface area contributed by atoms with Gasteiger partial charge < -0.3 is 25.2 Å². The van der Waals surface area contributed by atoms with Crippen molar-refractivity contribution in [3.05, 3.63) is 46.4 Å². The predicted molar refractivity (Wildman–Crippen MR) is 113 cm³/mol. The van der Waals surface area contributed by atoms with E-state index in [9.17, 15) is 18.8 Å². The van der Waals surface area contributed by atoms with Crippen molar-refractivity contribution in [2.24, 2.45) is 0 Å². The number of ether oxygens (including phenoxy) is 1. The molecule has 1 saturated heterocycles. The zero-order valence-corrected chi connectivity index (χ0v) is 18.2. The summed E-state index contributed by atoms with van der Waals surface area (Å²) in [6.45, 7) is 1.97. The molecule has 1 saturated carbocycles. The maximum atomic E-state index is 14.1. The van der Waals surface area contributed by atoms with Crippen LogP contribution in [0.1, 0.15) is 31.7 Å². The van der Waals surface area contributed by atoms with Crippen LogP contribution in [-0.4, -0.2) is 60.1 Å². The number of urea groups is 2. The van der Waals surface area contributed by atoms with Crippen LogP contribution < -0.4 is 10.6 Å². The SMILES string of the molecule is CNC(=O)N1C/C(=C/OC(C)=O)CC(N(C(=O)NCc2ccc(Cl)cc2F)C2CC2)C1. The molecule has 168 valence electrons. The van der Waals surface area contributed by atoms with Gasteiger partial charge in [-0.1, -0.05) is 17.7 Å². The zero-order chi connectivity index (χ0) is 22.5. The van der Waals surface area contributed by atoms with Crippen LogP contribution in [0.5, 0.6) is 0 Å². The van der Waals surface area contributed by atoms with Gasteiger partial charge in [-0.2, -0.15) is 0 Å². The lowest BCUT2D eigenvalue weighted by Gasteiger charge is -2.40. The van der Waals surface area contributed by atoms with Gasteiger partial charge in [-0.15, -0.1) is 0 Å². The van der Waals surface area contributed by atoms with E-state index < -0.39 is 11.8 Å². The third-order valence-electron chi connectivity index (χ3n) is 5.23. The summed E-state index contributed by atoms with van der Waals surface area (Å²) >= 11 is 5.78. The standard InChI is InChI=1S/C21H26ClFN4O4/c1-13(28)31-12-14-7-18(11-26(10-14)20(29)24-2)27(17-5-6-17)21(30)25-9-15-3-4-16(22)8-19(15)23/h3-4,8,12,17-18H,5-7,9-11H2,1-2H3,(H,24,29)(H,25,30)/b14-12+. The summed E-state index contributed by atoms with van der Waals surface area (Å²) in [5, 5.41) is 5.66. The number of likely N-dealkylation sites (tertiary alicyclic amines) is 1. The molecule has 1 aromatic rings. The molecule has 1 aliphatic heterocycles. The van der Waals surface area contributed by atoms with E-state index in [2.05, 4.69) is 10.6 Å². The number of hydrogen-bond donors (Lipinski definition) is 2. The smallest absolute Gasteiger partial charge is 0.318 e. The second-order valence-electron chi connectivity index (χ2n) is 7.71. The van der Waals surface area contributed by atoms with Gasteiger partial charge in [-0.05, 0) is 37.0 Å². The molecule has 0 bridgehead atoms. The molecule has 1 atom stereocenters. The molecule has 10 heteroatoms. The van der Waals surface area contributed by atoms with E-state index in [1.807, 2.05) is 0 Å².